The lowest BCUT2D eigenvalue weighted by Gasteiger charge is -2.34. The Bertz CT molecular complexity index is 6100. The van der Waals surface area contributed by atoms with Crippen molar-refractivity contribution in [1.82, 2.24) is 0 Å². The Morgan fingerprint density at radius 3 is 0.939 bits per heavy atom. The molecule has 2 heteroatoms. The number of benzene rings is 15. The quantitative estimate of drug-likeness (QED) is 0.164. The van der Waals surface area contributed by atoms with Crippen molar-refractivity contribution in [2.45, 2.75) is 82.5 Å². The summed E-state index contributed by atoms with van der Waals surface area (Å²) in [5, 5.41) is 7.43. The fourth-order valence-electron chi connectivity index (χ4n) is 20.1. The van der Waals surface area contributed by atoms with Crippen LogP contribution in [-0.4, -0.2) is 0 Å². The summed E-state index contributed by atoms with van der Waals surface area (Å²) in [6.45, 7) is 19.3. The van der Waals surface area contributed by atoms with Gasteiger partial charge in [0.2, 0.25) is 0 Å². The van der Waals surface area contributed by atoms with Gasteiger partial charge in [0.25, 0.3) is 0 Å². The molecule has 99 heavy (non-hydrogen) atoms. The molecule has 0 unspecified atom stereocenters. The van der Waals surface area contributed by atoms with Crippen molar-refractivity contribution in [1.29, 1.82) is 0 Å². The second kappa shape index (κ2) is 19.5. The minimum atomic E-state index is -0.661. The maximum atomic E-state index is 2.63. The van der Waals surface area contributed by atoms with Crippen LogP contribution in [0.5, 0.6) is 0 Å². The minimum Gasteiger partial charge on any atom is -0.310 e. The summed E-state index contributed by atoms with van der Waals surface area (Å²) in [4.78, 5) is 5.23. The van der Waals surface area contributed by atoms with Crippen molar-refractivity contribution in [2.75, 3.05) is 9.80 Å². The lowest BCUT2D eigenvalue weighted by atomic mass is 9.70. The zero-order chi connectivity index (χ0) is 66.4. The highest BCUT2D eigenvalue weighted by Gasteiger charge is 2.53. The van der Waals surface area contributed by atoms with E-state index in [0.29, 0.717) is 0 Å². The highest BCUT2D eigenvalue weighted by Crippen LogP contribution is 2.66. The molecule has 0 bridgehead atoms. The van der Waals surface area contributed by atoms with Gasteiger partial charge in [0.15, 0.2) is 0 Å². The van der Waals surface area contributed by atoms with Crippen LogP contribution >= 0.6 is 0 Å². The van der Waals surface area contributed by atoms with Gasteiger partial charge < -0.3 is 9.80 Å². The van der Waals surface area contributed by atoms with Crippen LogP contribution in [0, 0.1) is 0 Å². The van der Waals surface area contributed by atoms with Gasteiger partial charge >= 0.3 is 0 Å². The highest BCUT2D eigenvalue weighted by atomic mass is 15.2. The summed E-state index contributed by atoms with van der Waals surface area (Å²) in [5.41, 5.74) is 37.3. The third-order valence-corrected chi connectivity index (χ3v) is 24.8. The first-order valence-electron chi connectivity index (χ1n) is 35.5. The zero-order valence-corrected chi connectivity index (χ0v) is 57.1. The summed E-state index contributed by atoms with van der Waals surface area (Å²) in [6.07, 6.45) is 0. The van der Waals surface area contributed by atoms with Crippen LogP contribution in [0.2, 0.25) is 0 Å². The van der Waals surface area contributed by atoms with E-state index in [1.807, 2.05) is 0 Å². The summed E-state index contributed by atoms with van der Waals surface area (Å²) in [7, 11) is 0. The van der Waals surface area contributed by atoms with Crippen molar-refractivity contribution in [3.63, 3.8) is 0 Å². The molecule has 15 aromatic rings. The SMILES string of the molecule is CC1(C)c2ccccc2-c2ccc(N(c3ccc4c(c3)C3(c5ccccc5-c5ccccc53)c3cc5cc(N(c6ccc7c(c6)C(C)(C)c6ccccc6-7)c6cc7c(c8ccccc68)-c6ccccc6C7(C)C)ccc5cc3-4)c3cc4c(c5ccccc35)-c3ccccc3C4(C)C)cc21. The lowest BCUT2D eigenvalue weighted by Crippen LogP contribution is -2.26. The Morgan fingerprint density at radius 2 is 0.495 bits per heavy atom. The maximum Gasteiger partial charge on any atom is 0.0726 e. The molecule has 6 aliphatic carbocycles. The van der Waals surface area contributed by atoms with Gasteiger partial charge in [-0.2, -0.15) is 0 Å². The standard InChI is InChI=1S/C97H72N2/c1-93(2)77-35-19-13-25-63(77)67-46-43-60(52-83(67)93)98(89-55-87-91(72-31-11-9-29-70(72)89)74-33-17-21-37-79(74)95(87,5)6)59-42-41-57-50-76-69-48-45-62(54-86(69)97(85(76)51-58(57)49-59)81-39-23-15-27-65(81)66-28-16-24-40-82(66)97)99(61-44-47-68-64-26-14-20-36-78(64)94(3,4)84(68)53-61)90-56-88-92(73-32-12-10-30-71(73)90)75-34-18-22-38-80(75)96(88,7)8/h9-56H,1-8H3. The first kappa shape index (κ1) is 56.8. The summed E-state index contributed by atoms with van der Waals surface area (Å²) >= 11 is 0. The molecule has 0 amide bonds. The van der Waals surface area contributed by atoms with E-state index < -0.39 is 5.41 Å². The highest BCUT2D eigenvalue weighted by molar-refractivity contribution is 6.13. The summed E-state index contributed by atoms with van der Waals surface area (Å²) < 4.78 is 0. The molecule has 0 fully saturated rings. The number of fused-ring (bicyclic) bond motifs is 27. The predicted molar refractivity (Wildman–Crippen MR) is 415 cm³/mol. The molecule has 0 atom stereocenters. The second-order valence-electron chi connectivity index (χ2n) is 31.0. The summed E-state index contributed by atoms with van der Waals surface area (Å²) in [5.74, 6) is 0. The van der Waals surface area contributed by atoms with Crippen LogP contribution in [0.1, 0.15) is 122 Å². The summed E-state index contributed by atoms with van der Waals surface area (Å²) in [6, 6.07) is 113. The molecule has 2 nitrogen and oxygen atoms in total. The molecular formula is C97H72N2. The molecule has 15 aromatic carbocycles. The van der Waals surface area contributed by atoms with Crippen LogP contribution in [-0.2, 0) is 27.1 Å². The fourth-order valence-corrected chi connectivity index (χ4v) is 20.1. The van der Waals surface area contributed by atoms with Crippen molar-refractivity contribution in [3.05, 3.63) is 358 Å². The van der Waals surface area contributed by atoms with Crippen molar-refractivity contribution in [3.8, 4) is 66.8 Å². The number of rotatable bonds is 6. The molecule has 0 radical (unpaired) electrons. The van der Waals surface area contributed by atoms with E-state index in [0.717, 1.165) is 22.7 Å². The number of anilines is 6. The number of nitrogens with zero attached hydrogens (tertiary/aromatic N) is 2. The number of hydrogen-bond donors (Lipinski definition) is 0. The van der Waals surface area contributed by atoms with E-state index in [1.54, 1.807) is 0 Å². The molecule has 0 N–H and O–H groups in total. The Labute approximate surface area is 579 Å². The molecule has 0 aliphatic heterocycles. The second-order valence-corrected chi connectivity index (χ2v) is 31.0. The first-order valence-corrected chi connectivity index (χ1v) is 35.5. The van der Waals surface area contributed by atoms with E-state index in [9.17, 15) is 0 Å². The van der Waals surface area contributed by atoms with Crippen LogP contribution in [0.4, 0.5) is 34.1 Å². The van der Waals surface area contributed by atoms with Crippen LogP contribution in [0.3, 0.4) is 0 Å². The van der Waals surface area contributed by atoms with Crippen molar-refractivity contribution in [2.24, 2.45) is 0 Å². The van der Waals surface area contributed by atoms with Gasteiger partial charge in [-0.25, -0.2) is 0 Å². The van der Waals surface area contributed by atoms with E-state index in [2.05, 4.69) is 356 Å². The first-order chi connectivity index (χ1) is 48.1. The van der Waals surface area contributed by atoms with Crippen LogP contribution < -0.4 is 9.80 Å². The van der Waals surface area contributed by atoms with Gasteiger partial charge in [0.1, 0.15) is 0 Å². The van der Waals surface area contributed by atoms with Gasteiger partial charge in [0, 0.05) is 55.2 Å². The van der Waals surface area contributed by atoms with E-state index in [4.69, 9.17) is 0 Å². The van der Waals surface area contributed by atoms with E-state index >= 15 is 0 Å². The number of hydrogen-bond acceptors (Lipinski definition) is 2. The van der Waals surface area contributed by atoms with Crippen LogP contribution in [0.25, 0.3) is 99.1 Å². The molecule has 6 aliphatic rings. The molecule has 470 valence electrons. The molecule has 1 spiro atoms. The van der Waals surface area contributed by atoms with Gasteiger partial charge in [-0.05, 0) is 228 Å². The third kappa shape index (κ3) is 7.26. The smallest absolute Gasteiger partial charge is 0.0726 e. The molecule has 0 heterocycles. The average Bonchev–Trinajstić information content (AvgIpc) is 1.50. The zero-order valence-electron chi connectivity index (χ0n) is 57.1. The normalized spacial score (nSPS) is 15.9. The maximum absolute atomic E-state index is 2.63. The van der Waals surface area contributed by atoms with E-state index in [1.165, 1.54) is 177 Å². The Hall–Kier alpha value is -11.3. The fraction of sp³-hybridized carbons (Fsp3) is 0.134. The Morgan fingerprint density at radius 1 is 0.192 bits per heavy atom. The van der Waals surface area contributed by atoms with Gasteiger partial charge in [0.05, 0.1) is 16.8 Å². The Balaban J connectivity index is 0.806. The third-order valence-electron chi connectivity index (χ3n) is 24.8. The predicted octanol–water partition coefficient (Wildman–Crippen LogP) is 25.7. The monoisotopic (exact) mass is 1260 g/mol. The lowest BCUT2D eigenvalue weighted by molar-refractivity contribution is 0.660. The van der Waals surface area contributed by atoms with Gasteiger partial charge in [-0.3, -0.25) is 0 Å². The molecule has 0 saturated carbocycles. The van der Waals surface area contributed by atoms with Crippen molar-refractivity contribution < 1.29 is 0 Å². The molecule has 21 rings (SSSR count). The van der Waals surface area contributed by atoms with Gasteiger partial charge in [-0.15, -0.1) is 0 Å². The van der Waals surface area contributed by atoms with Gasteiger partial charge in [-0.1, -0.05) is 274 Å². The molecular weight excluding hydrogens is 1190 g/mol. The van der Waals surface area contributed by atoms with Crippen molar-refractivity contribution >= 4 is 66.4 Å². The van der Waals surface area contributed by atoms with E-state index in [-0.39, 0.29) is 21.7 Å². The van der Waals surface area contributed by atoms with Crippen LogP contribution in [0.15, 0.2) is 291 Å². The Kier molecular flexibility index (Phi) is 11.2. The molecule has 0 saturated heterocycles. The topological polar surface area (TPSA) is 6.48 Å². The average molecular weight is 1270 g/mol. The minimum absolute atomic E-state index is 0.196. The largest absolute Gasteiger partial charge is 0.310 e. The molecule has 0 aromatic heterocycles.